The molecule has 2 fully saturated rings. The lowest BCUT2D eigenvalue weighted by Crippen LogP contribution is -2.47. The Balaban J connectivity index is 0.978. The maximum atomic E-state index is 13.6. The number of hydrogen-bond acceptors (Lipinski definition) is 11. The van der Waals surface area contributed by atoms with Crippen LogP contribution in [0.15, 0.2) is 117 Å². The quantitative estimate of drug-likeness (QED) is 0.106. The van der Waals surface area contributed by atoms with E-state index in [9.17, 15) is 21.6 Å². The van der Waals surface area contributed by atoms with E-state index in [1.54, 1.807) is 23.9 Å². The van der Waals surface area contributed by atoms with Crippen molar-refractivity contribution in [1.82, 2.24) is 14.5 Å². The van der Waals surface area contributed by atoms with Gasteiger partial charge in [-0.3, -0.25) is 14.6 Å². The van der Waals surface area contributed by atoms with Crippen molar-refractivity contribution in [3.63, 3.8) is 0 Å². The molecule has 7 rings (SSSR count). The number of piperazine rings is 1. The number of nitrogens with one attached hydrogen (secondary N) is 2. The number of sulfone groups is 1. The number of carbonyl (C=O) groups excluding carboxylic acids is 1. The van der Waals surface area contributed by atoms with Gasteiger partial charge in [0.15, 0.2) is 9.84 Å². The number of allylic oxidation sites excluding steroid dienone is 1. The second-order valence-corrected chi connectivity index (χ2v) is 22.5. The summed E-state index contributed by atoms with van der Waals surface area (Å²) in [6.07, 6.45) is 5.07. The van der Waals surface area contributed by atoms with Crippen molar-refractivity contribution in [1.29, 1.82) is 0 Å². The van der Waals surface area contributed by atoms with Gasteiger partial charge in [-0.15, -0.1) is 11.8 Å². The lowest BCUT2D eigenvalue weighted by molar-refractivity contribution is 0.0370. The number of thioether (sulfide) groups is 1. The molecule has 11 nitrogen and oxygen atoms in total. The van der Waals surface area contributed by atoms with Gasteiger partial charge in [-0.1, -0.05) is 61.4 Å². The van der Waals surface area contributed by atoms with Crippen LogP contribution in [0.25, 0.3) is 5.57 Å². The van der Waals surface area contributed by atoms with E-state index in [2.05, 4.69) is 50.7 Å². The van der Waals surface area contributed by atoms with Crippen molar-refractivity contribution in [3.05, 3.63) is 119 Å². The molecule has 62 heavy (non-hydrogen) atoms. The molecule has 0 radical (unpaired) electrons. The Kier molecular flexibility index (Phi) is 15.1. The van der Waals surface area contributed by atoms with Crippen LogP contribution in [0.5, 0.6) is 0 Å². The SMILES string of the molecule is CC1(C)CCC(c2ccc(Cl)cc2)=C(CN2CCN(c3ccc(C(=O)NS(=O)(=O)c4ccc(N[C@H](CCN5CCOCC5)CSc5ccccc5)c(S(C)(=O)=O)c4)cc3)CC2)C1. The first-order valence-electron chi connectivity index (χ1n) is 21.3. The number of rotatable bonds is 16. The minimum absolute atomic E-state index is 0.127. The van der Waals surface area contributed by atoms with E-state index in [1.807, 2.05) is 54.6 Å². The molecule has 3 aliphatic rings. The molecule has 1 atom stereocenters. The summed E-state index contributed by atoms with van der Waals surface area (Å²) in [6.45, 7) is 12.9. The second kappa shape index (κ2) is 20.3. The van der Waals surface area contributed by atoms with E-state index in [0.717, 1.165) is 106 Å². The van der Waals surface area contributed by atoms with Crippen LogP contribution in [-0.2, 0) is 24.6 Å². The first kappa shape index (κ1) is 46.1. The highest BCUT2D eigenvalue weighted by Gasteiger charge is 2.30. The number of morpholine rings is 1. The summed E-state index contributed by atoms with van der Waals surface area (Å²) in [5, 5.41) is 4.17. The Hall–Kier alpha value is -3.89. The normalized spacial score (nSPS) is 18.4. The molecule has 4 aromatic rings. The average Bonchev–Trinajstić information content (AvgIpc) is 3.25. The number of benzene rings is 4. The summed E-state index contributed by atoms with van der Waals surface area (Å²) in [6, 6.07) is 28.9. The highest BCUT2D eigenvalue weighted by molar-refractivity contribution is 7.99. The molecule has 332 valence electrons. The Bertz CT molecular complexity index is 2420. The molecule has 0 saturated carbocycles. The summed E-state index contributed by atoms with van der Waals surface area (Å²) in [5.41, 5.74) is 5.91. The van der Waals surface area contributed by atoms with Gasteiger partial charge >= 0.3 is 0 Å². The summed E-state index contributed by atoms with van der Waals surface area (Å²) < 4.78 is 61.2. The molecule has 0 unspecified atom stereocenters. The van der Waals surface area contributed by atoms with Crippen LogP contribution in [0.4, 0.5) is 11.4 Å². The van der Waals surface area contributed by atoms with Gasteiger partial charge in [0, 0.05) is 91.6 Å². The largest absolute Gasteiger partial charge is 0.380 e. The molecule has 2 heterocycles. The third kappa shape index (κ3) is 12.4. The van der Waals surface area contributed by atoms with Crippen molar-refractivity contribution < 1.29 is 26.4 Å². The highest BCUT2D eigenvalue weighted by Crippen LogP contribution is 2.43. The number of carbonyl (C=O) groups is 1. The average molecular weight is 921 g/mol. The molecule has 0 bridgehead atoms. The maximum Gasteiger partial charge on any atom is 0.264 e. The molecular formula is C47H58ClN5O6S3. The number of anilines is 2. The van der Waals surface area contributed by atoms with Crippen molar-refractivity contribution in [2.24, 2.45) is 5.41 Å². The summed E-state index contributed by atoms with van der Waals surface area (Å²) >= 11 is 7.87. The van der Waals surface area contributed by atoms with Crippen molar-refractivity contribution >= 4 is 66.1 Å². The third-order valence-electron chi connectivity index (χ3n) is 12.0. The van der Waals surface area contributed by atoms with Crippen LogP contribution in [0, 0.1) is 5.41 Å². The number of halogens is 1. The number of ether oxygens (including phenoxy) is 1. The smallest absolute Gasteiger partial charge is 0.264 e. The van der Waals surface area contributed by atoms with Crippen LogP contribution >= 0.6 is 23.4 Å². The molecule has 0 aromatic heterocycles. The van der Waals surface area contributed by atoms with Crippen molar-refractivity contribution in [2.75, 3.05) is 87.8 Å². The molecule has 1 amide bonds. The van der Waals surface area contributed by atoms with Gasteiger partial charge < -0.3 is 15.0 Å². The van der Waals surface area contributed by atoms with Crippen molar-refractivity contribution in [2.45, 2.75) is 60.3 Å². The second-order valence-electron chi connectivity index (χ2n) is 17.3. The predicted octanol–water partition coefficient (Wildman–Crippen LogP) is 7.94. The molecule has 2 N–H and O–H groups in total. The van der Waals surface area contributed by atoms with Gasteiger partial charge in [0.25, 0.3) is 15.9 Å². The minimum atomic E-state index is -4.43. The van der Waals surface area contributed by atoms with Crippen LogP contribution in [-0.4, -0.2) is 116 Å². The Labute approximate surface area is 377 Å². The lowest BCUT2D eigenvalue weighted by atomic mass is 9.73. The van der Waals surface area contributed by atoms with Gasteiger partial charge in [0.05, 0.1) is 28.7 Å². The van der Waals surface area contributed by atoms with Crippen LogP contribution in [0.3, 0.4) is 0 Å². The van der Waals surface area contributed by atoms with E-state index < -0.39 is 25.8 Å². The van der Waals surface area contributed by atoms with Gasteiger partial charge in [-0.2, -0.15) is 0 Å². The predicted molar refractivity (Wildman–Crippen MR) is 252 cm³/mol. The molecule has 4 aromatic carbocycles. The summed E-state index contributed by atoms with van der Waals surface area (Å²) in [5.74, 6) is -0.141. The fourth-order valence-corrected chi connectivity index (χ4v) is 11.5. The zero-order chi connectivity index (χ0) is 43.9. The van der Waals surface area contributed by atoms with Crippen LogP contribution < -0.4 is 14.9 Å². The number of hydrogen-bond donors (Lipinski definition) is 2. The maximum absolute atomic E-state index is 13.6. The first-order chi connectivity index (χ1) is 29.6. The molecule has 1 aliphatic carbocycles. The lowest BCUT2D eigenvalue weighted by Gasteiger charge is -2.39. The van der Waals surface area contributed by atoms with E-state index in [-0.39, 0.29) is 26.8 Å². The van der Waals surface area contributed by atoms with Gasteiger partial charge in [0.2, 0.25) is 0 Å². The van der Waals surface area contributed by atoms with Crippen molar-refractivity contribution in [3.8, 4) is 0 Å². The van der Waals surface area contributed by atoms with Gasteiger partial charge in [0.1, 0.15) is 0 Å². The highest BCUT2D eigenvalue weighted by atomic mass is 35.5. The summed E-state index contributed by atoms with van der Waals surface area (Å²) in [4.78, 5) is 21.1. The minimum Gasteiger partial charge on any atom is -0.380 e. The monoisotopic (exact) mass is 919 g/mol. The van der Waals surface area contributed by atoms with Crippen LogP contribution in [0.1, 0.15) is 55.5 Å². The standard InChI is InChI=1S/C47H58ClN5O6S3/c1-47(2)21-19-43(35-9-13-38(48)14-10-35)37(32-47)33-52-23-25-53(26-24-52)40-15-11-36(12-16-40)46(54)50-62(57,58)42-17-18-44(45(31-42)61(3,55)56)49-39(20-22-51-27-29-59-30-28-51)34-60-41-7-5-4-6-8-41/h4-18,31,39,49H,19-30,32-34H2,1-3H3,(H,50,54)/t39-/m1/s1. The van der Waals surface area contributed by atoms with Gasteiger partial charge in [-0.05, 0) is 109 Å². The van der Waals surface area contributed by atoms with E-state index >= 15 is 0 Å². The van der Waals surface area contributed by atoms with E-state index in [4.69, 9.17) is 16.3 Å². The Morgan fingerprint density at radius 3 is 2.23 bits per heavy atom. The Morgan fingerprint density at radius 2 is 1.55 bits per heavy atom. The zero-order valence-electron chi connectivity index (χ0n) is 35.8. The summed E-state index contributed by atoms with van der Waals surface area (Å²) in [7, 11) is -8.31. The third-order valence-corrected chi connectivity index (χ3v) is 15.9. The number of amides is 1. The molecule has 0 spiro atoms. The fraction of sp³-hybridized carbons (Fsp3) is 0.426. The topological polar surface area (TPSA) is 128 Å². The van der Waals surface area contributed by atoms with Crippen LogP contribution in [0.2, 0.25) is 5.02 Å². The Morgan fingerprint density at radius 1 is 0.855 bits per heavy atom. The number of sulfonamides is 1. The fourth-order valence-electron chi connectivity index (χ4n) is 8.45. The first-order valence-corrected chi connectivity index (χ1v) is 26.1. The molecule has 15 heteroatoms. The van der Waals surface area contributed by atoms with E-state index in [1.165, 1.54) is 28.8 Å². The zero-order valence-corrected chi connectivity index (χ0v) is 39.0. The molecule has 2 aliphatic heterocycles. The molecular weight excluding hydrogens is 862 g/mol. The van der Waals surface area contributed by atoms with E-state index in [0.29, 0.717) is 24.7 Å². The van der Waals surface area contributed by atoms with Gasteiger partial charge in [-0.25, -0.2) is 21.6 Å². The number of nitrogens with zero attached hydrogens (tertiary/aromatic N) is 3. The molecule has 2 saturated heterocycles.